The molecule has 5 heteroatoms. The predicted molar refractivity (Wildman–Crippen MR) is 71.1 cm³/mol. The van der Waals surface area contributed by atoms with Crippen molar-refractivity contribution in [1.82, 2.24) is 10.2 Å². The highest BCUT2D eigenvalue weighted by molar-refractivity contribution is 5.89. The number of urea groups is 1. The number of methoxy groups -OCH3 is 1. The molecular weight excluding hydrogens is 230 g/mol. The van der Waals surface area contributed by atoms with Crippen LogP contribution in [-0.4, -0.2) is 44.2 Å². The van der Waals surface area contributed by atoms with Crippen molar-refractivity contribution in [3.63, 3.8) is 0 Å². The van der Waals surface area contributed by atoms with E-state index in [1.807, 2.05) is 24.3 Å². The van der Waals surface area contributed by atoms with Gasteiger partial charge in [-0.15, -0.1) is 0 Å². The van der Waals surface area contributed by atoms with Crippen LogP contribution in [0.4, 0.5) is 10.5 Å². The third-order valence-corrected chi connectivity index (χ3v) is 3.07. The summed E-state index contributed by atoms with van der Waals surface area (Å²) in [7, 11) is 3.68. The van der Waals surface area contributed by atoms with Gasteiger partial charge in [0.2, 0.25) is 0 Å². The van der Waals surface area contributed by atoms with Gasteiger partial charge in [0.1, 0.15) is 5.75 Å². The van der Waals surface area contributed by atoms with Gasteiger partial charge in [-0.2, -0.15) is 0 Å². The number of hydrogen-bond acceptors (Lipinski definition) is 3. The van der Waals surface area contributed by atoms with Crippen molar-refractivity contribution in [2.24, 2.45) is 0 Å². The number of amides is 2. The van der Waals surface area contributed by atoms with E-state index >= 15 is 0 Å². The molecule has 0 bridgehead atoms. The Balaban J connectivity index is 1.83. The van der Waals surface area contributed by atoms with Gasteiger partial charge in [0.25, 0.3) is 0 Å². The van der Waals surface area contributed by atoms with Gasteiger partial charge in [0.05, 0.1) is 7.11 Å². The van der Waals surface area contributed by atoms with Gasteiger partial charge < -0.3 is 20.3 Å². The molecule has 18 heavy (non-hydrogen) atoms. The van der Waals surface area contributed by atoms with Crippen LogP contribution in [0.25, 0.3) is 0 Å². The number of anilines is 1. The van der Waals surface area contributed by atoms with Crippen molar-refractivity contribution >= 4 is 11.7 Å². The van der Waals surface area contributed by atoms with E-state index in [1.165, 1.54) is 0 Å². The molecular formula is C13H19N3O2. The number of likely N-dealkylation sites (tertiary alicyclic amines) is 1. The lowest BCUT2D eigenvalue weighted by molar-refractivity contribution is 0.248. The van der Waals surface area contributed by atoms with Crippen LogP contribution in [-0.2, 0) is 0 Å². The third-order valence-electron chi connectivity index (χ3n) is 3.07. The van der Waals surface area contributed by atoms with Crippen molar-refractivity contribution < 1.29 is 9.53 Å². The average molecular weight is 249 g/mol. The topological polar surface area (TPSA) is 53.6 Å². The highest BCUT2D eigenvalue weighted by Gasteiger charge is 2.20. The molecule has 1 heterocycles. The first-order valence-corrected chi connectivity index (χ1v) is 6.07. The largest absolute Gasteiger partial charge is 0.497 e. The van der Waals surface area contributed by atoms with Gasteiger partial charge in [0, 0.05) is 18.3 Å². The molecule has 2 N–H and O–H groups in total. The minimum Gasteiger partial charge on any atom is -0.497 e. The molecule has 1 aliphatic rings. The Bertz CT molecular complexity index is 405. The first-order valence-electron chi connectivity index (χ1n) is 6.07. The number of likely N-dealkylation sites (N-methyl/N-ethyl adjacent to an activating group) is 1. The fourth-order valence-corrected chi connectivity index (χ4v) is 2.08. The van der Waals surface area contributed by atoms with Gasteiger partial charge in [-0.3, -0.25) is 0 Å². The molecule has 0 saturated carbocycles. The molecule has 2 rings (SSSR count). The number of ether oxygens (including phenoxy) is 1. The molecule has 98 valence electrons. The van der Waals surface area contributed by atoms with Crippen LogP contribution in [0, 0.1) is 0 Å². The van der Waals surface area contributed by atoms with E-state index in [1.54, 1.807) is 7.11 Å². The molecule has 1 saturated heterocycles. The molecule has 1 aromatic carbocycles. The summed E-state index contributed by atoms with van der Waals surface area (Å²) in [4.78, 5) is 14.0. The second-order valence-electron chi connectivity index (χ2n) is 4.57. The van der Waals surface area contributed by atoms with E-state index in [2.05, 4.69) is 22.6 Å². The minimum absolute atomic E-state index is 0.152. The van der Waals surface area contributed by atoms with Crippen LogP contribution in [0.3, 0.4) is 0 Å². The number of nitrogens with one attached hydrogen (secondary N) is 2. The van der Waals surface area contributed by atoms with E-state index in [0.29, 0.717) is 0 Å². The lowest BCUT2D eigenvalue weighted by atomic mass is 10.2. The van der Waals surface area contributed by atoms with E-state index in [0.717, 1.165) is 30.9 Å². The molecule has 0 aliphatic carbocycles. The zero-order chi connectivity index (χ0) is 13.0. The number of hydrogen-bond donors (Lipinski definition) is 2. The lowest BCUT2D eigenvalue weighted by Gasteiger charge is -2.13. The maximum Gasteiger partial charge on any atom is 0.319 e. The van der Waals surface area contributed by atoms with E-state index in [4.69, 9.17) is 4.74 Å². The zero-order valence-corrected chi connectivity index (χ0v) is 10.8. The van der Waals surface area contributed by atoms with Gasteiger partial charge in [-0.05, 0) is 44.3 Å². The van der Waals surface area contributed by atoms with Crippen LogP contribution in [0.1, 0.15) is 6.42 Å². The number of nitrogens with zero attached hydrogens (tertiary/aromatic N) is 1. The standard InChI is InChI=1S/C13H19N3O2/c1-16-8-7-11(9-16)15-13(17)14-10-3-5-12(18-2)6-4-10/h3-6,11H,7-9H2,1-2H3,(H2,14,15,17)/t11-/m1/s1. The van der Waals surface area contributed by atoms with Crippen molar-refractivity contribution in [3.05, 3.63) is 24.3 Å². The molecule has 5 nitrogen and oxygen atoms in total. The Hall–Kier alpha value is -1.75. The quantitative estimate of drug-likeness (QED) is 0.854. The van der Waals surface area contributed by atoms with Crippen molar-refractivity contribution in [2.45, 2.75) is 12.5 Å². The summed E-state index contributed by atoms with van der Waals surface area (Å²) in [6.45, 7) is 1.95. The molecule has 1 atom stereocenters. The van der Waals surface area contributed by atoms with E-state index in [-0.39, 0.29) is 12.1 Å². The summed E-state index contributed by atoms with van der Waals surface area (Å²) >= 11 is 0. The Morgan fingerprint density at radius 3 is 2.67 bits per heavy atom. The zero-order valence-electron chi connectivity index (χ0n) is 10.8. The van der Waals surface area contributed by atoms with Crippen molar-refractivity contribution in [2.75, 3.05) is 32.6 Å². The molecule has 0 unspecified atom stereocenters. The van der Waals surface area contributed by atoms with E-state index in [9.17, 15) is 4.79 Å². The number of carbonyl (C=O) groups excluding carboxylic acids is 1. The minimum atomic E-state index is -0.152. The lowest BCUT2D eigenvalue weighted by Crippen LogP contribution is -2.39. The molecule has 1 aromatic rings. The third kappa shape index (κ3) is 3.37. The summed E-state index contributed by atoms with van der Waals surface area (Å²) in [6, 6.07) is 7.37. The Labute approximate surface area is 107 Å². The normalized spacial score (nSPS) is 19.6. The molecule has 0 aromatic heterocycles. The Morgan fingerprint density at radius 1 is 1.39 bits per heavy atom. The molecule has 1 fully saturated rings. The van der Waals surface area contributed by atoms with Crippen LogP contribution in [0.5, 0.6) is 5.75 Å². The van der Waals surface area contributed by atoms with Gasteiger partial charge >= 0.3 is 6.03 Å². The summed E-state index contributed by atoms with van der Waals surface area (Å²) in [5, 5.41) is 5.77. The summed E-state index contributed by atoms with van der Waals surface area (Å²) in [5.74, 6) is 0.776. The highest BCUT2D eigenvalue weighted by atomic mass is 16.5. The van der Waals surface area contributed by atoms with Crippen LogP contribution >= 0.6 is 0 Å². The smallest absolute Gasteiger partial charge is 0.319 e. The Morgan fingerprint density at radius 2 is 2.11 bits per heavy atom. The van der Waals surface area contributed by atoms with Gasteiger partial charge in [0.15, 0.2) is 0 Å². The van der Waals surface area contributed by atoms with Crippen LogP contribution in [0.2, 0.25) is 0 Å². The SMILES string of the molecule is COc1ccc(NC(=O)N[C@@H]2CCN(C)C2)cc1. The maximum absolute atomic E-state index is 11.8. The summed E-state index contributed by atoms with van der Waals surface area (Å²) < 4.78 is 5.06. The second kappa shape index (κ2) is 5.73. The molecule has 0 spiro atoms. The second-order valence-corrected chi connectivity index (χ2v) is 4.57. The molecule has 2 amide bonds. The fraction of sp³-hybridized carbons (Fsp3) is 0.462. The highest BCUT2D eigenvalue weighted by Crippen LogP contribution is 2.15. The van der Waals surface area contributed by atoms with Gasteiger partial charge in [-0.25, -0.2) is 4.79 Å². The predicted octanol–water partition coefficient (Wildman–Crippen LogP) is 1.52. The van der Waals surface area contributed by atoms with Crippen LogP contribution < -0.4 is 15.4 Å². The van der Waals surface area contributed by atoms with Crippen molar-refractivity contribution in [1.29, 1.82) is 0 Å². The van der Waals surface area contributed by atoms with Gasteiger partial charge in [-0.1, -0.05) is 0 Å². The number of carbonyl (C=O) groups is 1. The molecule has 1 aliphatic heterocycles. The molecule has 0 radical (unpaired) electrons. The summed E-state index contributed by atoms with van der Waals surface area (Å²) in [6.07, 6.45) is 1.01. The maximum atomic E-state index is 11.8. The first kappa shape index (κ1) is 12.7. The van der Waals surface area contributed by atoms with E-state index < -0.39 is 0 Å². The first-order chi connectivity index (χ1) is 8.67. The fourth-order valence-electron chi connectivity index (χ4n) is 2.08. The number of rotatable bonds is 3. The average Bonchev–Trinajstić information content (AvgIpc) is 2.75. The Kier molecular flexibility index (Phi) is 4.04. The summed E-state index contributed by atoms with van der Waals surface area (Å²) in [5.41, 5.74) is 0.764. The van der Waals surface area contributed by atoms with Crippen molar-refractivity contribution in [3.8, 4) is 5.75 Å². The number of benzene rings is 1. The monoisotopic (exact) mass is 249 g/mol. The van der Waals surface area contributed by atoms with Crippen LogP contribution in [0.15, 0.2) is 24.3 Å².